The molecule has 1 aliphatic heterocycles. The molecule has 1 aliphatic rings. The SMILES string of the molecule is C[C@@H]1CCC[C@@H](CO)N1Cc1nc(-c2ccco2)no1. The molecule has 2 atom stereocenters. The van der Waals surface area contributed by atoms with Gasteiger partial charge in [0.15, 0.2) is 5.76 Å². The molecule has 0 bridgehead atoms. The standard InChI is InChI=1S/C14H19N3O3/c1-10-4-2-5-11(9-18)17(10)8-13-15-14(16-20-13)12-6-3-7-19-12/h3,6-7,10-11,18H,2,4-5,8-9H2,1H3/t10-,11+/m1/s1. The van der Waals surface area contributed by atoms with E-state index in [4.69, 9.17) is 8.94 Å². The fourth-order valence-corrected chi connectivity index (χ4v) is 2.80. The van der Waals surface area contributed by atoms with Crippen LogP contribution in [0.3, 0.4) is 0 Å². The molecule has 20 heavy (non-hydrogen) atoms. The number of aliphatic hydroxyl groups excluding tert-OH is 1. The van der Waals surface area contributed by atoms with Crippen LogP contribution in [0.2, 0.25) is 0 Å². The van der Waals surface area contributed by atoms with Crippen LogP contribution in [-0.2, 0) is 6.54 Å². The number of aliphatic hydroxyl groups is 1. The third-order valence-electron chi connectivity index (χ3n) is 3.93. The van der Waals surface area contributed by atoms with E-state index < -0.39 is 0 Å². The average molecular weight is 277 g/mol. The van der Waals surface area contributed by atoms with Gasteiger partial charge < -0.3 is 14.0 Å². The number of rotatable bonds is 4. The Morgan fingerprint density at radius 2 is 2.35 bits per heavy atom. The van der Waals surface area contributed by atoms with Crippen molar-refractivity contribution in [3.05, 3.63) is 24.3 Å². The molecule has 1 saturated heterocycles. The van der Waals surface area contributed by atoms with Crippen LogP contribution >= 0.6 is 0 Å². The summed E-state index contributed by atoms with van der Waals surface area (Å²) >= 11 is 0. The Labute approximate surface area is 117 Å². The quantitative estimate of drug-likeness (QED) is 0.922. The smallest absolute Gasteiger partial charge is 0.241 e. The van der Waals surface area contributed by atoms with E-state index in [1.807, 2.05) is 0 Å². The van der Waals surface area contributed by atoms with Gasteiger partial charge in [-0.05, 0) is 31.9 Å². The van der Waals surface area contributed by atoms with Crippen molar-refractivity contribution < 1.29 is 14.0 Å². The van der Waals surface area contributed by atoms with E-state index in [-0.39, 0.29) is 12.6 Å². The van der Waals surface area contributed by atoms with Crippen molar-refractivity contribution in [2.75, 3.05) is 6.61 Å². The van der Waals surface area contributed by atoms with Gasteiger partial charge in [-0.1, -0.05) is 11.6 Å². The summed E-state index contributed by atoms with van der Waals surface area (Å²) in [5.41, 5.74) is 0. The number of piperidine rings is 1. The summed E-state index contributed by atoms with van der Waals surface area (Å²) < 4.78 is 10.5. The fourth-order valence-electron chi connectivity index (χ4n) is 2.80. The van der Waals surface area contributed by atoms with Gasteiger partial charge in [0, 0.05) is 12.1 Å². The topological polar surface area (TPSA) is 75.5 Å². The van der Waals surface area contributed by atoms with Crippen LogP contribution in [0.5, 0.6) is 0 Å². The van der Waals surface area contributed by atoms with Gasteiger partial charge in [0.05, 0.1) is 19.4 Å². The van der Waals surface area contributed by atoms with Gasteiger partial charge in [-0.3, -0.25) is 4.90 Å². The number of nitrogens with zero attached hydrogens (tertiary/aromatic N) is 3. The summed E-state index contributed by atoms with van der Waals surface area (Å²) in [5, 5.41) is 13.4. The van der Waals surface area contributed by atoms with Crippen LogP contribution in [0.15, 0.2) is 27.3 Å². The number of likely N-dealkylation sites (tertiary alicyclic amines) is 1. The lowest BCUT2D eigenvalue weighted by atomic mass is 9.97. The van der Waals surface area contributed by atoms with Gasteiger partial charge in [-0.25, -0.2) is 0 Å². The molecule has 1 N–H and O–H groups in total. The molecule has 6 nitrogen and oxygen atoms in total. The first-order valence-corrected chi connectivity index (χ1v) is 7.01. The zero-order chi connectivity index (χ0) is 13.9. The van der Waals surface area contributed by atoms with Gasteiger partial charge in [-0.15, -0.1) is 0 Å². The highest BCUT2D eigenvalue weighted by Gasteiger charge is 2.29. The third kappa shape index (κ3) is 2.62. The van der Waals surface area contributed by atoms with Crippen molar-refractivity contribution in [1.29, 1.82) is 0 Å². The third-order valence-corrected chi connectivity index (χ3v) is 3.93. The second-order valence-electron chi connectivity index (χ2n) is 5.28. The van der Waals surface area contributed by atoms with E-state index in [9.17, 15) is 5.11 Å². The molecule has 1 fully saturated rings. The van der Waals surface area contributed by atoms with Crippen LogP contribution in [0.25, 0.3) is 11.6 Å². The maximum absolute atomic E-state index is 9.49. The van der Waals surface area contributed by atoms with E-state index in [2.05, 4.69) is 22.0 Å². The van der Waals surface area contributed by atoms with Crippen molar-refractivity contribution >= 4 is 0 Å². The molecule has 0 unspecified atom stereocenters. The Kier molecular flexibility index (Phi) is 3.84. The summed E-state index contributed by atoms with van der Waals surface area (Å²) in [6, 6.07) is 4.19. The summed E-state index contributed by atoms with van der Waals surface area (Å²) in [7, 11) is 0. The van der Waals surface area contributed by atoms with Crippen LogP contribution in [0, 0.1) is 0 Å². The molecular formula is C14H19N3O3. The lowest BCUT2D eigenvalue weighted by Gasteiger charge is -2.38. The predicted molar refractivity (Wildman–Crippen MR) is 71.7 cm³/mol. The average Bonchev–Trinajstić information content (AvgIpc) is 3.11. The van der Waals surface area contributed by atoms with E-state index in [1.165, 1.54) is 0 Å². The molecule has 0 saturated carbocycles. The normalized spacial score (nSPS) is 24.1. The molecule has 0 aliphatic carbocycles. The summed E-state index contributed by atoms with van der Waals surface area (Å²) in [6.07, 6.45) is 4.89. The van der Waals surface area contributed by atoms with Crippen molar-refractivity contribution in [3.8, 4) is 11.6 Å². The van der Waals surface area contributed by atoms with Crippen molar-refractivity contribution in [1.82, 2.24) is 15.0 Å². The van der Waals surface area contributed by atoms with Crippen LogP contribution in [-0.4, -0.2) is 38.8 Å². The first kappa shape index (κ1) is 13.3. The minimum Gasteiger partial charge on any atom is -0.461 e. The molecule has 0 radical (unpaired) electrons. The summed E-state index contributed by atoms with van der Waals surface area (Å²) in [6.45, 7) is 2.91. The largest absolute Gasteiger partial charge is 0.461 e. The highest BCUT2D eigenvalue weighted by Crippen LogP contribution is 2.25. The number of aromatic nitrogens is 2. The minimum atomic E-state index is 0.170. The maximum Gasteiger partial charge on any atom is 0.241 e. The molecular weight excluding hydrogens is 258 g/mol. The van der Waals surface area contributed by atoms with E-state index in [0.717, 1.165) is 19.3 Å². The van der Waals surface area contributed by atoms with Crippen LogP contribution < -0.4 is 0 Å². The monoisotopic (exact) mass is 277 g/mol. The molecule has 0 aromatic carbocycles. The maximum atomic E-state index is 9.49. The molecule has 108 valence electrons. The molecule has 2 aromatic heterocycles. The summed E-state index contributed by atoms with van der Waals surface area (Å²) in [5.74, 6) is 1.63. The van der Waals surface area contributed by atoms with Gasteiger partial charge in [0.1, 0.15) is 0 Å². The van der Waals surface area contributed by atoms with Crippen LogP contribution in [0.4, 0.5) is 0 Å². The number of hydrogen-bond acceptors (Lipinski definition) is 6. The predicted octanol–water partition coefficient (Wildman–Crippen LogP) is 2.06. The Balaban J connectivity index is 1.73. The van der Waals surface area contributed by atoms with E-state index >= 15 is 0 Å². The van der Waals surface area contributed by atoms with Crippen molar-refractivity contribution in [2.24, 2.45) is 0 Å². The van der Waals surface area contributed by atoms with Crippen molar-refractivity contribution in [2.45, 2.75) is 44.8 Å². The van der Waals surface area contributed by atoms with E-state index in [1.54, 1.807) is 18.4 Å². The molecule has 0 spiro atoms. The number of furan rings is 1. The van der Waals surface area contributed by atoms with Crippen molar-refractivity contribution in [3.63, 3.8) is 0 Å². The van der Waals surface area contributed by atoms with Crippen LogP contribution in [0.1, 0.15) is 32.1 Å². The minimum absolute atomic E-state index is 0.170. The highest BCUT2D eigenvalue weighted by molar-refractivity contribution is 5.44. The molecule has 3 heterocycles. The lowest BCUT2D eigenvalue weighted by molar-refractivity contribution is 0.0370. The van der Waals surface area contributed by atoms with Gasteiger partial charge >= 0.3 is 0 Å². The zero-order valence-electron chi connectivity index (χ0n) is 11.5. The highest BCUT2D eigenvalue weighted by atomic mass is 16.5. The van der Waals surface area contributed by atoms with Gasteiger partial charge in [-0.2, -0.15) is 4.98 Å². The summed E-state index contributed by atoms with van der Waals surface area (Å²) in [4.78, 5) is 6.59. The Morgan fingerprint density at radius 1 is 1.45 bits per heavy atom. The first-order chi connectivity index (χ1) is 9.78. The molecule has 2 aromatic rings. The zero-order valence-corrected chi connectivity index (χ0v) is 11.5. The number of hydrogen-bond donors (Lipinski definition) is 1. The Morgan fingerprint density at radius 3 is 3.10 bits per heavy atom. The van der Waals surface area contributed by atoms with E-state index in [0.29, 0.717) is 30.1 Å². The molecule has 3 rings (SSSR count). The van der Waals surface area contributed by atoms with Gasteiger partial charge in [0.2, 0.25) is 11.7 Å². The molecule has 6 heteroatoms. The lowest BCUT2D eigenvalue weighted by Crippen LogP contribution is -2.46. The van der Waals surface area contributed by atoms with Gasteiger partial charge in [0.25, 0.3) is 0 Å². The fraction of sp³-hybridized carbons (Fsp3) is 0.571. The molecule has 0 amide bonds. The Hall–Kier alpha value is -1.66. The Bertz CT molecular complexity index is 538. The second-order valence-corrected chi connectivity index (χ2v) is 5.28. The second kappa shape index (κ2) is 5.76. The first-order valence-electron chi connectivity index (χ1n) is 7.01.